The quantitative estimate of drug-likeness (QED) is 0.397. The van der Waals surface area contributed by atoms with E-state index in [2.05, 4.69) is 18.9 Å². The molecule has 4 atom stereocenters. The predicted molar refractivity (Wildman–Crippen MR) is 148 cm³/mol. The van der Waals surface area contributed by atoms with Gasteiger partial charge in [-0.1, -0.05) is 43.1 Å². The topological polar surface area (TPSA) is 105 Å². The van der Waals surface area contributed by atoms with Gasteiger partial charge in [0.2, 0.25) is 0 Å². The van der Waals surface area contributed by atoms with Crippen LogP contribution in [0.5, 0.6) is 5.75 Å². The van der Waals surface area contributed by atoms with Gasteiger partial charge in [0.1, 0.15) is 17.0 Å². The second-order valence-electron chi connectivity index (χ2n) is 12.4. The fourth-order valence-corrected chi connectivity index (χ4v) is 7.63. The summed E-state index contributed by atoms with van der Waals surface area (Å²) >= 11 is 13.2. The highest BCUT2D eigenvalue weighted by molar-refractivity contribution is 6.33. The van der Waals surface area contributed by atoms with Crippen molar-refractivity contribution in [3.8, 4) is 5.75 Å². The van der Waals surface area contributed by atoms with E-state index in [9.17, 15) is 19.8 Å². The lowest BCUT2D eigenvalue weighted by Crippen LogP contribution is -2.43. The Kier molecular flexibility index (Phi) is 7.44. The second kappa shape index (κ2) is 10.3. The average molecular weight is 579 g/mol. The van der Waals surface area contributed by atoms with Gasteiger partial charge in [0.25, 0.3) is 5.91 Å². The number of aliphatic carboxylic acids is 1. The van der Waals surface area contributed by atoms with Gasteiger partial charge in [-0.15, -0.1) is 0 Å². The van der Waals surface area contributed by atoms with Gasteiger partial charge in [0.15, 0.2) is 0 Å². The number of ether oxygens (including phenoxy) is 1. The number of carboxylic acid groups (broad SMARTS) is 1. The van der Waals surface area contributed by atoms with Crippen LogP contribution in [-0.4, -0.2) is 56.5 Å². The molecule has 0 radical (unpaired) electrons. The molecular formula is C29H37Cl2N3O5. The largest absolute Gasteiger partial charge is 0.496 e. The molecule has 1 amide bonds. The van der Waals surface area contributed by atoms with E-state index in [0.29, 0.717) is 59.4 Å². The van der Waals surface area contributed by atoms with Crippen LogP contribution in [-0.2, 0) is 4.79 Å². The minimum atomic E-state index is -1.05. The number of aliphatic hydroxyl groups excluding tert-OH is 1. The van der Waals surface area contributed by atoms with Crippen molar-refractivity contribution in [2.75, 3.05) is 13.7 Å². The van der Waals surface area contributed by atoms with Crippen LogP contribution in [0, 0.1) is 22.7 Å². The first kappa shape index (κ1) is 28.2. The van der Waals surface area contributed by atoms with Crippen molar-refractivity contribution in [1.82, 2.24) is 14.7 Å². The van der Waals surface area contributed by atoms with E-state index < -0.39 is 17.5 Å². The molecule has 3 saturated carbocycles. The zero-order valence-corrected chi connectivity index (χ0v) is 24.4. The summed E-state index contributed by atoms with van der Waals surface area (Å²) in [7, 11) is 1.52. The molecule has 10 heteroatoms. The third kappa shape index (κ3) is 4.93. The fourth-order valence-electron chi connectivity index (χ4n) is 7.02. The molecule has 2 aromatic rings. The lowest BCUT2D eigenvalue weighted by molar-refractivity contribution is -0.150. The van der Waals surface area contributed by atoms with E-state index in [1.54, 1.807) is 34.7 Å². The maximum absolute atomic E-state index is 14.1. The third-order valence-electron chi connectivity index (χ3n) is 9.86. The van der Waals surface area contributed by atoms with Gasteiger partial charge in [0, 0.05) is 11.6 Å². The van der Waals surface area contributed by atoms with Crippen LogP contribution < -0.4 is 4.74 Å². The summed E-state index contributed by atoms with van der Waals surface area (Å²) in [6, 6.07) is 5.09. The van der Waals surface area contributed by atoms with Crippen LogP contribution in [0.1, 0.15) is 87.4 Å². The summed E-state index contributed by atoms with van der Waals surface area (Å²) in [6.07, 6.45) is 4.47. The number of amides is 1. The zero-order chi connectivity index (χ0) is 28.3. The van der Waals surface area contributed by atoms with E-state index >= 15 is 0 Å². The van der Waals surface area contributed by atoms with Crippen molar-refractivity contribution >= 4 is 35.1 Å². The van der Waals surface area contributed by atoms with E-state index in [1.165, 1.54) is 13.3 Å². The summed E-state index contributed by atoms with van der Waals surface area (Å²) in [5, 5.41) is 26.0. The molecule has 212 valence electrons. The number of hydrogen-bond acceptors (Lipinski definition) is 5. The van der Waals surface area contributed by atoms with Gasteiger partial charge in [-0.2, -0.15) is 5.10 Å². The Bertz CT molecular complexity index is 1260. The Labute approximate surface area is 239 Å². The first-order valence-corrected chi connectivity index (χ1v) is 14.4. The minimum absolute atomic E-state index is 0.0333. The number of carbonyl (C=O) groups is 2. The number of carboxylic acids is 1. The molecule has 39 heavy (non-hydrogen) atoms. The monoisotopic (exact) mass is 577 g/mol. The predicted octanol–water partition coefficient (Wildman–Crippen LogP) is 6.01. The molecule has 1 aromatic heterocycles. The molecule has 1 heterocycles. The van der Waals surface area contributed by atoms with Crippen molar-refractivity contribution in [2.24, 2.45) is 22.7 Å². The van der Waals surface area contributed by atoms with E-state index in [4.69, 9.17) is 27.9 Å². The molecule has 0 spiro atoms. The number of hydrogen-bond donors (Lipinski definition) is 2. The van der Waals surface area contributed by atoms with E-state index in [1.807, 2.05) is 0 Å². The molecule has 3 aliphatic rings. The number of benzene rings is 1. The number of fused-ring (bicyclic) bond motifs is 1. The molecule has 3 aliphatic carbocycles. The number of nitrogens with zero attached hydrogens (tertiary/aromatic N) is 3. The van der Waals surface area contributed by atoms with Gasteiger partial charge in [0.05, 0.1) is 41.9 Å². The Hall–Kier alpha value is -2.29. The minimum Gasteiger partial charge on any atom is -0.496 e. The van der Waals surface area contributed by atoms with Crippen LogP contribution in [0.3, 0.4) is 0 Å². The van der Waals surface area contributed by atoms with Crippen molar-refractivity contribution in [2.45, 2.75) is 77.5 Å². The highest BCUT2D eigenvalue weighted by Crippen LogP contribution is 2.67. The number of halogens is 2. The molecule has 0 bridgehead atoms. The number of methoxy groups -OCH3 is 1. The van der Waals surface area contributed by atoms with E-state index in [-0.39, 0.29) is 35.1 Å². The zero-order valence-electron chi connectivity index (χ0n) is 22.9. The Morgan fingerprint density at radius 1 is 1.18 bits per heavy atom. The average Bonchev–Trinajstić information content (AvgIpc) is 3.27. The van der Waals surface area contributed by atoms with E-state index in [0.717, 1.165) is 12.8 Å². The van der Waals surface area contributed by atoms with Gasteiger partial charge in [-0.3, -0.25) is 14.3 Å². The maximum Gasteiger partial charge on any atom is 0.309 e. The van der Waals surface area contributed by atoms with Crippen molar-refractivity contribution in [3.05, 3.63) is 45.7 Å². The van der Waals surface area contributed by atoms with Crippen molar-refractivity contribution in [3.63, 3.8) is 0 Å². The molecule has 8 nitrogen and oxygen atoms in total. The van der Waals surface area contributed by atoms with Gasteiger partial charge in [-0.05, 0) is 74.8 Å². The molecule has 3 fully saturated rings. The first-order chi connectivity index (χ1) is 18.4. The molecule has 1 aromatic carbocycles. The van der Waals surface area contributed by atoms with Crippen LogP contribution in [0.25, 0.3) is 0 Å². The molecular weight excluding hydrogens is 541 g/mol. The third-order valence-corrected chi connectivity index (χ3v) is 10.6. The lowest BCUT2D eigenvalue weighted by atomic mass is 9.74. The van der Waals surface area contributed by atoms with Crippen LogP contribution in [0.2, 0.25) is 10.2 Å². The van der Waals surface area contributed by atoms with Crippen LogP contribution in [0.15, 0.2) is 24.4 Å². The summed E-state index contributed by atoms with van der Waals surface area (Å²) in [5.41, 5.74) is 0.275. The highest BCUT2D eigenvalue weighted by atomic mass is 35.5. The van der Waals surface area contributed by atoms with Crippen molar-refractivity contribution in [1.29, 1.82) is 0 Å². The van der Waals surface area contributed by atoms with Crippen molar-refractivity contribution < 1.29 is 24.5 Å². The number of aliphatic hydroxyl groups is 1. The fraction of sp³-hybridized carbons (Fsp3) is 0.621. The molecule has 0 aliphatic heterocycles. The van der Waals surface area contributed by atoms with Gasteiger partial charge >= 0.3 is 5.97 Å². The SMILES string of the molecule is COc1cccc(Cl)c1C(O)CN(C(=O)c1cnn(C2CCC(C)(C(=O)O)CC2)c1Cl)[C@H]1C[C@@H]2[C@H](C1)C2(C)C. The molecule has 1 unspecified atom stereocenters. The van der Waals surface area contributed by atoms with Crippen LogP contribution in [0.4, 0.5) is 0 Å². The highest BCUT2D eigenvalue weighted by Gasteiger charge is 2.63. The number of rotatable bonds is 8. The van der Waals surface area contributed by atoms with Gasteiger partial charge in [-0.25, -0.2) is 0 Å². The maximum atomic E-state index is 14.1. The standard InChI is InChI=1S/C29H37Cl2N3O5/c1-28(2)19-12-17(13-20(19)28)33(15-22(35)24-21(30)6-5-7-23(24)39-4)26(36)18-14-32-34(25(18)31)16-8-10-29(3,11-9-16)27(37)38/h5-7,14,16-17,19-20,22,35H,8-13,15H2,1-4H3,(H,37,38)/t16?,17-,19+,20-,22?,29?. The number of aromatic nitrogens is 2. The second-order valence-corrected chi connectivity index (χ2v) is 13.1. The summed E-state index contributed by atoms with van der Waals surface area (Å²) in [4.78, 5) is 27.5. The Morgan fingerprint density at radius 3 is 2.41 bits per heavy atom. The van der Waals surface area contributed by atoms with Crippen LogP contribution >= 0.6 is 23.2 Å². The van der Waals surface area contributed by atoms with Gasteiger partial charge < -0.3 is 19.8 Å². The summed E-state index contributed by atoms with van der Waals surface area (Å²) < 4.78 is 7.11. The summed E-state index contributed by atoms with van der Waals surface area (Å²) in [5.74, 6) is 0.508. The Morgan fingerprint density at radius 2 is 1.82 bits per heavy atom. The normalized spacial score (nSPS) is 29.9. The summed E-state index contributed by atoms with van der Waals surface area (Å²) in [6.45, 7) is 6.37. The Balaban J connectivity index is 1.39. The lowest BCUT2D eigenvalue weighted by Gasteiger charge is -2.34. The smallest absolute Gasteiger partial charge is 0.309 e. The molecule has 2 N–H and O–H groups in total. The first-order valence-electron chi connectivity index (χ1n) is 13.7. The molecule has 5 rings (SSSR count). The number of carbonyl (C=O) groups excluding carboxylic acids is 1. The molecule has 0 saturated heterocycles.